The first-order valence-electron chi connectivity index (χ1n) is 10.1. The molecule has 0 spiro atoms. The first-order chi connectivity index (χ1) is 14.5. The smallest absolute Gasteiger partial charge is 0.226 e. The van der Waals surface area contributed by atoms with Gasteiger partial charge in [0.1, 0.15) is 11.8 Å². The Bertz CT molecular complexity index is 1000. The van der Waals surface area contributed by atoms with Gasteiger partial charge in [0.2, 0.25) is 5.91 Å². The van der Waals surface area contributed by atoms with Crippen molar-refractivity contribution in [3.05, 3.63) is 41.7 Å². The minimum absolute atomic E-state index is 0.0924. The number of amidine groups is 1. The molecule has 9 heteroatoms. The molecule has 1 amide bonds. The molecule has 2 N–H and O–H groups in total. The van der Waals surface area contributed by atoms with Crippen molar-refractivity contribution in [2.45, 2.75) is 31.6 Å². The second-order valence-corrected chi connectivity index (χ2v) is 8.06. The van der Waals surface area contributed by atoms with E-state index in [-0.39, 0.29) is 11.8 Å². The van der Waals surface area contributed by atoms with E-state index in [1.807, 2.05) is 4.90 Å². The maximum absolute atomic E-state index is 14.5. The molecular weight excluding hydrogens is 407 g/mol. The Labute approximate surface area is 179 Å². The highest BCUT2D eigenvalue weighted by atomic mass is 35.5. The van der Waals surface area contributed by atoms with Gasteiger partial charge in [-0.05, 0) is 24.8 Å². The predicted octanol–water partition coefficient (Wildman–Crippen LogP) is 3.12. The van der Waals surface area contributed by atoms with Crippen molar-refractivity contribution in [2.75, 3.05) is 19.6 Å². The SMILES string of the molecule is C=CCC(=O)N1CCCC(CNC2N=C(c3c[nH]c4ncc(Cl)cc34)N=CC2F)C1. The molecule has 30 heavy (non-hydrogen) atoms. The van der Waals surface area contributed by atoms with Crippen molar-refractivity contribution in [3.63, 3.8) is 0 Å². The zero-order valence-electron chi connectivity index (χ0n) is 16.5. The fourth-order valence-corrected chi connectivity index (χ4v) is 4.08. The number of nitrogens with one attached hydrogen (secondary N) is 2. The highest BCUT2D eigenvalue weighted by Gasteiger charge is 2.27. The highest BCUT2D eigenvalue weighted by molar-refractivity contribution is 6.31. The lowest BCUT2D eigenvalue weighted by molar-refractivity contribution is -0.132. The summed E-state index contributed by atoms with van der Waals surface area (Å²) in [6.45, 7) is 5.64. The zero-order valence-corrected chi connectivity index (χ0v) is 17.3. The number of alkyl halides is 1. The van der Waals surface area contributed by atoms with E-state index in [2.05, 4.69) is 31.8 Å². The fourth-order valence-electron chi connectivity index (χ4n) is 3.92. The Morgan fingerprint density at radius 3 is 3.20 bits per heavy atom. The molecule has 1 fully saturated rings. The van der Waals surface area contributed by atoms with Crippen molar-refractivity contribution in [1.29, 1.82) is 0 Å². The standard InChI is InChI=1S/C21H24ClFN6O/c1-2-4-18(30)29-6-3-5-13(12-29)8-24-21-17(23)11-27-20(28-21)16-10-26-19-15(16)7-14(22)9-25-19/h2,7,9-11,13,17,21,24H,1,3-6,8,12H2,(H,25,26). The second kappa shape index (κ2) is 9.06. The Hall–Kier alpha value is -2.58. The van der Waals surface area contributed by atoms with Crippen LogP contribution in [0.1, 0.15) is 24.8 Å². The number of aromatic nitrogens is 2. The summed E-state index contributed by atoms with van der Waals surface area (Å²) >= 11 is 6.07. The van der Waals surface area contributed by atoms with E-state index in [1.165, 1.54) is 6.21 Å². The second-order valence-electron chi connectivity index (χ2n) is 7.62. The molecule has 0 saturated carbocycles. The number of amides is 1. The van der Waals surface area contributed by atoms with Gasteiger partial charge in [0.05, 0.1) is 5.02 Å². The number of carbonyl (C=O) groups excluding carboxylic acids is 1. The number of pyridine rings is 1. The molecule has 2 aliphatic rings. The van der Waals surface area contributed by atoms with Crippen LogP contribution in [0.15, 0.2) is 41.1 Å². The van der Waals surface area contributed by atoms with Crippen LogP contribution in [-0.2, 0) is 4.79 Å². The fraction of sp³-hybridized carbons (Fsp3) is 0.429. The molecular formula is C21H24ClFN6O. The number of hydrogen-bond acceptors (Lipinski definition) is 5. The van der Waals surface area contributed by atoms with Gasteiger partial charge in [0, 0.05) is 55.6 Å². The normalized spacial score (nSPS) is 24.1. The molecule has 1 saturated heterocycles. The summed E-state index contributed by atoms with van der Waals surface area (Å²) < 4.78 is 14.5. The molecule has 4 heterocycles. The molecule has 3 unspecified atom stereocenters. The van der Waals surface area contributed by atoms with E-state index in [0.29, 0.717) is 36.0 Å². The van der Waals surface area contributed by atoms with Crippen LogP contribution in [0.3, 0.4) is 0 Å². The lowest BCUT2D eigenvalue weighted by Crippen LogP contribution is -2.46. The molecule has 0 aliphatic carbocycles. The van der Waals surface area contributed by atoms with Crippen molar-refractivity contribution < 1.29 is 9.18 Å². The van der Waals surface area contributed by atoms with Crippen LogP contribution in [0.25, 0.3) is 11.0 Å². The summed E-state index contributed by atoms with van der Waals surface area (Å²) in [6.07, 6.45) is 6.46. The van der Waals surface area contributed by atoms with Gasteiger partial charge >= 0.3 is 0 Å². The zero-order chi connectivity index (χ0) is 21.1. The Morgan fingerprint density at radius 2 is 2.37 bits per heavy atom. The van der Waals surface area contributed by atoms with Crippen LogP contribution >= 0.6 is 11.6 Å². The number of rotatable bonds is 6. The third kappa shape index (κ3) is 4.44. The molecule has 7 nitrogen and oxygen atoms in total. The maximum atomic E-state index is 14.5. The molecule has 158 valence electrons. The topological polar surface area (TPSA) is 85.7 Å². The van der Waals surface area contributed by atoms with Crippen LogP contribution in [0, 0.1) is 5.92 Å². The Morgan fingerprint density at radius 1 is 1.50 bits per heavy atom. The van der Waals surface area contributed by atoms with Crippen molar-refractivity contribution in [2.24, 2.45) is 15.9 Å². The van der Waals surface area contributed by atoms with Gasteiger partial charge in [-0.15, -0.1) is 6.58 Å². The Kier molecular flexibility index (Phi) is 6.24. The number of aromatic amines is 1. The minimum atomic E-state index is -1.32. The van der Waals surface area contributed by atoms with E-state index in [4.69, 9.17) is 11.6 Å². The minimum Gasteiger partial charge on any atom is -0.345 e. The number of piperidine rings is 1. The molecule has 3 atom stereocenters. The average Bonchev–Trinajstić information content (AvgIpc) is 3.16. The van der Waals surface area contributed by atoms with E-state index in [9.17, 15) is 9.18 Å². The van der Waals surface area contributed by atoms with Crippen LogP contribution < -0.4 is 5.32 Å². The van der Waals surface area contributed by atoms with E-state index in [0.717, 1.165) is 30.3 Å². The van der Waals surface area contributed by atoms with Crippen molar-refractivity contribution in [1.82, 2.24) is 20.2 Å². The van der Waals surface area contributed by atoms with E-state index >= 15 is 0 Å². The van der Waals surface area contributed by atoms with Crippen molar-refractivity contribution >= 4 is 40.6 Å². The van der Waals surface area contributed by atoms with E-state index < -0.39 is 12.3 Å². The summed E-state index contributed by atoms with van der Waals surface area (Å²) in [4.78, 5) is 30.0. The number of fused-ring (bicyclic) bond motifs is 1. The maximum Gasteiger partial charge on any atom is 0.226 e. The lowest BCUT2D eigenvalue weighted by Gasteiger charge is -2.33. The third-order valence-corrected chi connectivity index (χ3v) is 5.65. The van der Waals surface area contributed by atoms with Gasteiger partial charge in [-0.3, -0.25) is 10.1 Å². The number of aliphatic imine (C=N–C) groups is 2. The number of likely N-dealkylation sites (tertiary alicyclic amines) is 1. The summed E-state index contributed by atoms with van der Waals surface area (Å²) in [5, 5.41) is 4.52. The van der Waals surface area contributed by atoms with Crippen LogP contribution in [0.5, 0.6) is 0 Å². The first kappa shape index (κ1) is 20.7. The van der Waals surface area contributed by atoms with Gasteiger partial charge in [0.15, 0.2) is 12.0 Å². The van der Waals surface area contributed by atoms with Gasteiger partial charge < -0.3 is 9.88 Å². The molecule has 4 rings (SSSR count). The summed E-state index contributed by atoms with van der Waals surface area (Å²) in [5.41, 5.74) is 1.40. The summed E-state index contributed by atoms with van der Waals surface area (Å²) in [5.74, 6) is 0.784. The number of carbonyl (C=O) groups is 1. The van der Waals surface area contributed by atoms with Gasteiger partial charge in [0.25, 0.3) is 0 Å². The number of halogens is 2. The highest BCUT2D eigenvalue weighted by Crippen LogP contribution is 2.23. The molecule has 0 radical (unpaired) electrons. The molecule has 0 bridgehead atoms. The molecule has 2 aromatic rings. The number of hydrogen-bond donors (Lipinski definition) is 2. The molecule has 2 aromatic heterocycles. The summed E-state index contributed by atoms with van der Waals surface area (Å²) in [6, 6.07) is 1.79. The molecule has 2 aliphatic heterocycles. The molecule has 0 aromatic carbocycles. The first-order valence-corrected chi connectivity index (χ1v) is 10.4. The van der Waals surface area contributed by atoms with Gasteiger partial charge in [-0.25, -0.2) is 19.4 Å². The monoisotopic (exact) mass is 430 g/mol. The third-order valence-electron chi connectivity index (χ3n) is 5.45. The van der Waals surface area contributed by atoms with Crippen LogP contribution in [-0.4, -0.2) is 64.8 Å². The van der Waals surface area contributed by atoms with Crippen molar-refractivity contribution in [3.8, 4) is 0 Å². The quantitative estimate of drug-likeness (QED) is 0.690. The van der Waals surface area contributed by atoms with Gasteiger partial charge in [-0.2, -0.15) is 0 Å². The number of nitrogens with zero attached hydrogens (tertiary/aromatic N) is 4. The van der Waals surface area contributed by atoms with Crippen LogP contribution in [0.2, 0.25) is 5.02 Å². The van der Waals surface area contributed by atoms with Crippen LogP contribution in [0.4, 0.5) is 4.39 Å². The van der Waals surface area contributed by atoms with E-state index in [1.54, 1.807) is 24.5 Å². The summed E-state index contributed by atoms with van der Waals surface area (Å²) in [7, 11) is 0. The van der Waals surface area contributed by atoms with Gasteiger partial charge in [-0.1, -0.05) is 17.7 Å². The lowest BCUT2D eigenvalue weighted by atomic mass is 9.97. The Balaban J connectivity index is 1.44. The largest absolute Gasteiger partial charge is 0.345 e. The number of H-pyrrole nitrogens is 1. The average molecular weight is 431 g/mol. The predicted molar refractivity (Wildman–Crippen MR) is 117 cm³/mol.